The average molecular weight is 332 g/mol. The third-order valence-corrected chi connectivity index (χ3v) is 4.50. The second-order valence-electron chi connectivity index (χ2n) is 4.93. The number of halogens is 1. The highest BCUT2D eigenvalue weighted by molar-refractivity contribution is 8.13. The first-order chi connectivity index (χ1) is 10.6. The van der Waals surface area contributed by atoms with Gasteiger partial charge in [0.2, 0.25) is 0 Å². The van der Waals surface area contributed by atoms with Gasteiger partial charge in [-0.3, -0.25) is 0 Å². The third-order valence-electron chi connectivity index (χ3n) is 3.05. The molecular formula is C17H18ClN3S. The Morgan fingerprint density at radius 1 is 1.18 bits per heavy atom. The molecular weight excluding hydrogens is 314 g/mol. The van der Waals surface area contributed by atoms with Crippen LogP contribution in [0.15, 0.2) is 52.7 Å². The first-order valence-corrected chi connectivity index (χ1v) is 8.22. The van der Waals surface area contributed by atoms with Gasteiger partial charge in [0.1, 0.15) is 0 Å². The molecule has 0 aliphatic rings. The highest BCUT2D eigenvalue weighted by Gasteiger charge is 2.01. The van der Waals surface area contributed by atoms with Crippen LogP contribution in [0.3, 0.4) is 0 Å². The molecule has 114 valence electrons. The molecule has 0 aromatic heterocycles. The van der Waals surface area contributed by atoms with Crippen LogP contribution in [0.4, 0.5) is 0 Å². The number of thioether (sulfide) groups is 1. The Balaban J connectivity index is 1.95. The minimum atomic E-state index is 0.447. The molecule has 2 aromatic carbocycles. The van der Waals surface area contributed by atoms with Gasteiger partial charge < -0.3 is 5.73 Å². The molecule has 0 bridgehead atoms. The molecule has 0 atom stereocenters. The molecule has 0 unspecified atom stereocenters. The second kappa shape index (κ2) is 8.01. The van der Waals surface area contributed by atoms with E-state index in [0.29, 0.717) is 5.17 Å². The van der Waals surface area contributed by atoms with Crippen LogP contribution in [0.2, 0.25) is 5.02 Å². The minimum absolute atomic E-state index is 0.447. The van der Waals surface area contributed by atoms with Gasteiger partial charge in [-0.1, -0.05) is 53.7 Å². The van der Waals surface area contributed by atoms with Crippen LogP contribution in [0.25, 0.3) is 0 Å². The lowest BCUT2D eigenvalue weighted by atomic mass is 10.1. The highest BCUT2D eigenvalue weighted by Crippen LogP contribution is 2.21. The van der Waals surface area contributed by atoms with Gasteiger partial charge >= 0.3 is 0 Å². The first kappa shape index (κ1) is 16.6. The fourth-order valence-corrected chi connectivity index (χ4v) is 2.69. The van der Waals surface area contributed by atoms with Gasteiger partial charge in [0.25, 0.3) is 0 Å². The second-order valence-corrected chi connectivity index (χ2v) is 6.30. The van der Waals surface area contributed by atoms with Crippen LogP contribution < -0.4 is 5.73 Å². The lowest BCUT2D eigenvalue weighted by Crippen LogP contribution is -2.06. The fourth-order valence-electron chi connectivity index (χ4n) is 1.97. The number of nitrogens with two attached hydrogens (primary N) is 1. The van der Waals surface area contributed by atoms with E-state index in [9.17, 15) is 0 Å². The van der Waals surface area contributed by atoms with Crippen LogP contribution in [0.1, 0.15) is 22.3 Å². The summed E-state index contributed by atoms with van der Waals surface area (Å²) in [6.07, 6.45) is 1.69. The van der Waals surface area contributed by atoms with Crippen molar-refractivity contribution in [1.29, 1.82) is 0 Å². The summed E-state index contributed by atoms with van der Waals surface area (Å²) in [5, 5.41) is 9.29. The molecule has 0 saturated heterocycles. The number of aryl methyl sites for hydroxylation is 2. The minimum Gasteiger partial charge on any atom is -0.377 e. The van der Waals surface area contributed by atoms with Gasteiger partial charge in [-0.05, 0) is 48.2 Å². The van der Waals surface area contributed by atoms with Crippen molar-refractivity contribution < 1.29 is 0 Å². The molecule has 2 rings (SSSR count). The molecule has 3 nitrogen and oxygen atoms in total. The molecule has 0 spiro atoms. The van der Waals surface area contributed by atoms with Crippen molar-refractivity contribution in [3.63, 3.8) is 0 Å². The van der Waals surface area contributed by atoms with Gasteiger partial charge in [-0.25, -0.2) is 0 Å². The first-order valence-electron chi connectivity index (χ1n) is 6.86. The predicted octanol–water partition coefficient (Wildman–Crippen LogP) is 4.54. The van der Waals surface area contributed by atoms with Crippen molar-refractivity contribution in [2.45, 2.75) is 19.6 Å². The number of hydrogen-bond donors (Lipinski definition) is 1. The average Bonchev–Trinajstić information content (AvgIpc) is 2.51. The van der Waals surface area contributed by atoms with Gasteiger partial charge in [0.05, 0.1) is 6.21 Å². The largest absolute Gasteiger partial charge is 0.377 e. The smallest absolute Gasteiger partial charge is 0.180 e. The highest BCUT2D eigenvalue weighted by atomic mass is 35.5. The zero-order valence-corrected chi connectivity index (χ0v) is 14.2. The fraction of sp³-hybridized carbons (Fsp3) is 0.176. The Bertz CT molecular complexity index is 673. The van der Waals surface area contributed by atoms with E-state index in [2.05, 4.69) is 22.3 Å². The molecule has 5 heteroatoms. The van der Waals surface area contributed by atoms with E-state index < -0.39 is 0 Å². The summed E-state index contributed by atoms with van der Waals surface area (Å²) in [4.78, 5) is 0. The molecule has 0 aliphatic carbocycles. The van der Waals surface area contributed by atoms with E-state index in [1.807, 2.05) is 44.2 Å². The Hall–Kier alpha value is -1.78. The maximum atomic E-state index is 6.14. The summed E-state index contributed by atoms with van der Waals surface area (Å²) < 4.78 is 0. The van der Waals surface area contributed by atoms with Gasteiger partial charge in [-0.15, -0.1) is 5.10 Å². The lowest BCUT2D eigenvalue weighted by Gasteiger charge is -2.03. The summed E-state index contributed by atoms with van der Waals surface area (Å²) in [6.45, 7) is 3.94. The predicted molar refractivity (Wildman–Crippen MR) is 97.9 cm³/mol. The van der Waals surface area contributed by atoms with Crippen molar-refractivity contribution in [3.8, 4) is 0 Å². The Labute approximate surface area is 140 Å². The maximum Gasteiger partial charge on any atom is 0.180 e. The van der Waals surface area contributed by atoms with Crippen LogP contribution in [0, 0.1) is 13.8 Å². The Morgan fingerprint density at radius 2 is 1.82 bits per heavy atom. The van der Waals surface area contributed by atoms with Crippen LogP contribution in [0.5, 0.6) is 0 Å². The number of rotatable bonds is 4. The normalized spacial score (nSPS) is 12.0. The molecule has 0 aliphatic heterocycles. The van der Waals surface area contributed by atoms with E-state index in [1.54, 1.807) is 6.21 Å². The topological polar surface area (TPSA) is 50.7 Å². The zero-order valence-electron chi connectivity index (χ0n) is 12.6. The van der Waals surface area contributed by atoms with Gasteiger partial charge in [-0.2, -0.15) is 5.10 Å². The Kier molecular flexibility index (Phi) is 6.04. The summed E-state index contributed by atoms with van der Waals surface area (Å²) in [5.74, 6) is 0.783. The van der Waals surface area contributed by atoms with Gasteiger partial charge in [0, 0.05) is 10.8 Å². The van der Waals surface area contributed by atoms with Crippen molar-refractivity contribution in [2.75, 3.05) is 0 Å². The van der Waals surface area contributed by atoms with Crippen LogP contribution in [-0.2, 0) is 5.75 Å². The van der Waals surface area contributed by atoms with Crippen molar-refractivity contribution in [1.82, 2.24) is 0 Å². The number of benzene rings is 2. The van der Waals surface area contributed by atoms with Crippen LogP contribution >= 0.6 is 23.4 Å². The van der Waals surface area contributed by atoms with Crippen molar-refractivity contribution >= 4 is 34.7 Å². The molecule has 0 amide bonds. The molecule has 2 N–H and O–H groups in total. The van der Waals surface area contributed by atoms with Crippen molar-refractivity contribution in [3.05, 3.63) is 69.7 Å². The Morgan fingerprint density at radius 3 is 2.45 bits per heavy atom. The van der Waals surface area contributed by atoms with E-state index in [0.717, 1.165) is 27.5 Å². The number of amidine groups is 1. The zero-order chi connectivity index (χ0) is 15.9. The number of nitrogens with zero attached hydrogens (tertiary/aromatic N) is 2. The summed E-state index contributed by atoms with van der Waals surface area (Å²) in [7, 11) is 0. The quantitative estimate of drug-likeness (QED) is 0.508. The van der Waals surface area contributed by atoms with Gasteiger partial charge in [0.15, 0.2) is 5.17 Å². The molecule has 0 radical (unpaired) electrons. The summed E-state index contributed by atoms with van der Waals surface area (Å²) in [6, 6.07) is 14.1. The number of hydrogen-bond acceptors (Lipinski definition) is 3. The monoisotopic (exact) mass is 331 g/mol. The van der Waals surface area contributed by atoms with E-state index in [4.69, 9.17) is 17.3 Å². The van der Waals surface area contributed by atoms with Crippen LogP contribution in [-0.4, -0.2) is 11.4 Å². The SMILES string of the molecule is Cc1cc(C=NN=C(N)SCc2ccccc2)cc(C)c1Cl. The molecule has 0 fully saturated rings. The van der Waals surface area contributed by atoms with E-state index in [1.165, 1.54) is 17.3 Å². The summed E-state index contributed by atoms with van der Waals surface area (Å²) in [5.41, 5.74) is 10.1. The lowest BCUT2D eigenvalue weighted by molar-refractivity contribution is 1.25. The summed E-state index contributed by atoms with van der Waals surface area (Å²) >= 11 is 7.60. The third kappa shape index (κ3) is 4.90. The van der Waals surface area contributed by atoms with E-state index >= 15 is 0 Å². The maximum absolute atomic E-state index is 6.14. The molecule has 2 aromatic rings. The molecule has 22 heavy (non-hydrogen) atoms. The standard InChI is InChI=1S/C17H18ClN3S/c1-12-8-15(9-13(2)16(12)18)10-20-21-17(19)22-11-14-6-4-3-5-7-14/h3-10H,11H2,1-2H3,(H2,19,21). The van der Waals surface area contributed by atoms with Crippen molar-refractivity contribution in [2.24, 2.45) is 15.9 Å². The molecule has 0 heterocycles. The molecule has 0 saturated carbocycles. The van der Waals surface area contributed by atoms with E-state index in [-0.39, 0.29) is 0 Å².